The molecule has 0 amide bonds. The molecule has 0 heterocycles. The van der Waals surface area contributed by atoms with E-state index >= 15 is 0 Å². The standard InChI is InChI=1S/C4H4N/c5-3-4-1-2-4/h1-2H2/q-1. The molecule has 0 aromatic rings. The second-order valence-electron chi connectivity index (χ2n) is 1.22. The minimum absolute atomic E-state index is 1.06. The summed E-state index contributed by atoms with van der Waals surface area (Å²) in [7, 11) is 0. The van der Waals surface area contributed by atoms with Gasteiger partial charge >= 0.3 is 0 Å². The molecule has 5 heavy (non-hydrogen) atoms. The van der Waals surface area contributed by atoms with E-state index in [9.17, 15) is 0 Å². The van der Waals surface area contributed by atoms with Gasteiger partial charge in [0, 0.05) is 0 Å². The summed E-state index contributed by atoms with van der Waals surface area (Å²) in [5.74, 6) is 2.06. The fraction of sp³-hybridized carbons (Fsp3) is 0.500. The average Bonchev–Trinajstić information content (AvgIpc) is 2.12. The molecule has 0 spiro atoms. The van der Waals surface area contributed by atoms with E-state index in [-0.39, 0.29) is 0 Å². The highest BCUT2D eigenvalue weighted by molar-refractivity contribution is 5.64. The summed E-state index contributed by atoms with van der Waals surface area (Å²) in [5.41, 5.74) is 1.06. The van der Waals surface area contributed by atoms with Crippen LogP contribution in [0.15, 0.2) is 5.57 Å². The van der Waals surface area contributed by atoms with Crippen LogP contribution in [0.5, 0.6) is 0 Å². The van der Waals surface area contributed by atoms with Gasteiger partial charge in [-0.3, -0.25) is 5.87 Å². The van der Waals surface area contributed by atoms with Gasteiger partial charge in [-0.1, -0.05) is 5.57 Å². The van der Waals surface area contributed by atoms with Crippen molar-refractivity contribution in [3.8, 4) is 0 Å². The maximum absolute atomic E-state index is 7.92. The number of rotatable bonds is 0. The molecule has 0 aromatic heterocycles. The summed E-state index contributed by atoms with van der Waals surface area (Å²) in [5, 5.41) is 7.92. The molecule has 1 nitrogen and oxygen atoms in total. The second kappa shape index (κ2) is 0.697. The molecule has 1 rings (SSSR count). The van der Waals surface area contributed by atoms with Crippen molar-refractivity contribution in [3.05, 3.63) is 11.0 Å². The van der Waals surface area contributed by atoms with Crippen molar-refractivity contribution >= 4 is 5.87 Å². The Balaban J connectivity index is 2.80. The molecular formula is C4H4N-. The summed E-state index contributed by atoms with van der Waals surface area (Å²) >= 11 is 0. The molecule has 26 valence electrons. The Kier molecular flexibility index (Phi) is 0.373. The van der Waals surface area contributed by atoms with Crippen LogP contribution in [0.2, 0.25) is 0 Å². The molecule has 1 heteroatoms. The van der Waals surface area contributed by atoms with Crippen LogP contribution in [-0.4, -0.2) is 5.87 Å². The average molecular weight is 66.1 g/mol. The van der Waals surface area contributed by atoms with E-state index in [4.69, 9.17) is 5.41 Å². The van der Waals surface area contributed by atoms with Gasteiger partial charge in [0.05, 0.1) is 0 Å². The minimum Gasteiger partial charge on any atom is -0.763 e. The van der Waals surface area contributed by atoms with Gasteiger partial charge in [-0.15, -0.1) is 0 Å². The fourth-order valence-corrected chi connectivity index (χ4v) is 0.174. The minimum atomic E-state index is 1.06. The molecule has 0 radical (unpaired) electrons. The quantitative estimate of drug-likeness (QED) is 0.375. The highest BCUT2D eigenvalue weighted by atomic mass is 14.3. The van der Waals surface area contributed by atoms with Gasteiger partial charge in [0.2, 0.25) is 0 Å². The van der Waals surface area contributed by atoms with E-state index in [1.54, 1.807) is 0 Å². The van der Waals surface area contributed by atoms with Gasteiger partial charge in [-0.05, 0) is 12.8 Å². The molecule has 0 aromatic carbocycles. The van der Waals surface area contributed by atoms with E-state index in [1.807, 2.05) is 0 Å². The van der Waals surface area contributed by atoms with Crippen molar-refractivity contribution in [2.45, 2.75) is 12.8 Å². The highest BCUT2D eigenvalue weighted by Crippen LogP contribution is 2.23. The Morgan fingerprint density at radius 3 is 2.20 bits per heavy atom. The monoisotopic (exact) mass is 66.0 g/mol. The van der Waals surface area contributed by atoms with Crippen LogP contribution < -0.4 is 0 Å². The molecule has 0 N–H and O–H groups in total. The van der Waals surface area contributed by atoms with Crippen LogP contribution in [0.4, 0.5) is 0 Å². The Labute approximate surface area is 30.8 Å². The van der Waals surface area contributed by atoms with Gasteiger partial charge in [0.1, 0.15) is 0 Å². The molecule has 0 unspecified atom stereocenters. The molecule has 0 saturated heterocycles. The molecule has 1 aliphatic rings. The van der Waals surface area contributed by atoms with Gasteiger partial charge in [0.25, 0.3) is 0 Å². The fourth-order valence-electron chi connectivity index (χ4n) is 0.174. The van der Waals surface area contributed by atoms with Crippen LogP contribution in [0, 0.1) is 0 Å². The predicted molar refractivity (Wildman–Crippen MR) is 21.1 cm³/mol. The van der Waals surface area contributed by atoms with E-state index in [0.29, 0.717) is 0 Å². The molecule has 1 fully saturated rings. The molecule has 1 aliphatic carbocycles. The Bertz CT molecular complexity index is 81.8. The zero-order chi connectivity index (χ0) is 3.70. The summed E-state index contributed by atoms with van der Waals surface area (Å²) in [6, 6.07) is 0. The van der Waals surface area contributed by atoms with Crippen molar-refractivity contribution in [1.29, 1.82) is 0 Å². The highest BCUT2D eigenvalue weighted by Gasteiger charge is 2.05. The Morgan fingerprint density at radius 1 is 1.60 bits per heavy atom. The van der Waals surface area contributed by atoms with Gasteiger partial charge in [0.15, 0.2) is 0 Å². The Hall–Kier alpha value is -0.550. The van der Waals surface area contributed by atoms with Crippen LogP contribution in [0.1, 0.15) is 12.8 Å². The number of allylic oxidation sites excluding steroid dienone is 1. The number of hydrogen-bond donors (Lipinski definition) is 0. The third-order valence-electron chi connectivity index (χ3n) is 0.658. The lowest BCUT2D eigenvalue weighted by atomic mass is 10.7. The summed E-state index contributed by atoms with van der Waals surface area (Å²) in [4.78, 5) is 0. The van der Waals surface area contributed by atoms with Crippen LogP contribution >= 0.6 is 0 Å². The summed E-state index contributed by atoms with van der Waals surface area (Å²) in [6.07, 6.45) is 2.13. The first-order chi connectivity index (χ1) is 2.43. The van der Waals surface area contributed by atoms with E-state index in [1.165, 1.54) is 0 Å². The molecule has 1 saturated carbocycles. The first-order valence-corrected chi connectivity index (χ1v) is 1.68. The zero-order valence-corrected chi connectivity index (χ0v) is 2.86. The zero-order valence-electron chi connectivity index (χ0n) is 2.86. The maximum Gasteiger partial charge on any atom is -0.0219 e. The third-order valence-corrected chi connectivity index (χ3v) is 0.658. The van der Waals surface area contributed by atoms with E-state index in [0.717, 1.165) is 18.4 Å². The van der Waals surface area contributed by atoms with Crippen molar-refractivity contribution < 1.29 is 0 Å². The predicted octanol–water partition coefficient (Wildman–Crippen LogP) is 0.946. The lowest BCUT2D eigenvalue weighted by Gasteiger charge is -1.57. The van der Waals surface area contributed by atoms with Gasteiger partial charge in [-0.25, -0.2) is 0 Å². The number of nitrogens with zero attached hydrogens (tertiary/aromatic N) is 1. The molecular weight excluding hydrogens is 62.1 g/mol. The van der Waals surface area contributed by atoms with Crippen LogP contribution in [0.25, 0.3) is 5.41 Å². The molecule has 0 bridgehead atoms. The van der Waals surface area contributed by atoms with Crippen molar-refractivity contribution in [3.63, 3.8) is 0 Å². The number of hydrogen-bond acceptors (Lipinski definition) is 0. The summed E-state index contributed by atoms with van der Waals surface area (Å²) in [6.45, 7) is 0. The lowest BCUT2D eigenvalue weighted by Crippen LogP contribution is -1.33. The molecule has 0 atom stereocenters. The van der Waals surface area contributed by atoms with Crippen LogP contribution in [-0.2, 0) is 0 Å². The van der Waals surface area contributed by atoms with Crippen molar-refractivity contribution in [2.75, 3.05) is 0 Å². The molecule has 0 aliphatic heterocycles. The topological polar surface area (TPSA) is 22.3 Å². The van der Waals surface area contributed by atoms with Crippen molar-refractivity contribution in [1.82, 2.24) is 0 Å². The normalized spacial score (nSPS) is 18.0. The van der Waals surface area contributed by atoms with E-state index < -0.39 is 0 Å². The second-order valence-corrected chi connectivity index (χ2v) is 1.22. The lowest BCUT2D eigenvalue weighted by molar-refractivity contribution is 1.50. The van der Waals surface area contributed by atoms with Gasteiger partial charge in [-0.2, -0.15) is 0 Å². The summed E-state index contributed by atoms with van der Waals surface area (Å²) < 4.78 is 0. The third kappa shape index (κ3) is 0.366. The maximum atomic E-state index is 7.92. The van der Waals surface area contributed by atoms with Crippen molar-refractivity contribution in [2.24, 2.45) is 0 Å². The first-order valence-electron chi connectivity index (χ1n) is 1.68. The first kappa shape index (κ1) is 2.67. The van der Waals surface area contributed by atoms with E-state index in [2.05, 4.69) is 5.87 Å². The smallest absolute Gasteiger partial charge is 0.0219 e. The van der Waals surface area contributed by atoms with Crippen LogP contribution in [0.3, 0.4) is 0 Å². The Morgan fingerprint density at radius 2 is 2.20 bits per heavy atom. The SMILES string of the molecule is [N-]=C=C1CC1. The largest absolute Gasteiger partial charge is 0.763 e. The van der Waals surface area contributed by atoms with Gasteiger partial charge < -0.3 is 5.41 Å².